The lowest BCUT2D eigenvalue weighted by Crippen LogP contribution is -2.26. The van der Waals surface area contributed by atoms with Gasteiger partial charge in [-0.1, -0.05) is 44.5 Å². The van der Waals surface area contributed by atoms with Crippen LogP contribution in [0.4, 0.5) is 11.5 Å². The summed E-state index contributed by atoms with van der Waals surface area (Å²) in [6.45, 7) is 14.7. The summed E-state index contributed by atoms with van der Waals surface area (Å²) in [5.74, 6) is 1.56. The Morgan fingerprint density at radius 1 is 1.24 bits per heavy atom. The van der Waals surface area contributed by atoms with Crippen molar-refractivity contribution in [2.24, 2.45) is 13.0 Å². The van der Waals surface area contributed by atoms with Crippen molar-refractivity contribution in [2.45, 2.75) is 60.8 Å². The zero-order chi connectivity index (χ0) is 21.1. The number of aromatic nitrogens is 2. The number of aryl methyl sites for hydroxylation is 4. The number of benzene rings is 1. The first-order chi connectivity index (χ1) is 13.8. The van der Waals surface area contributed by atoms with Gasteiger partial charge in [0.15, 0.2) is 5.82 Å². The lowest BCUT2D eigenvalue weighted by atomic mass is 9.99. The molecule has 1 aliphatic heterocycles. The Morgan fingerprint density at radius 2 is 1.93 bits per heavy atom. The number of nitrogens with one attached hydrogen (secondary N) is 1. The lowest BCUT2D eigenvalue weighted by Gasteiger charge is -2.31. The van der Waals surface area contributed by atoms with Crippen LogP contribution in [0.1, 0.15) is 61.6 Å². The third-order valence-electron chi connectivity index (χ3n) is 5.36. The molecule has 0 bridgehead atoms. The maximum absolute atomic E-state index is 5.77. The standard InChI is InChI=1S/C24H36N4O/c1-8-10-21(26-29-15-16(2)3)23-20-11-9-12-28(24(20)25-27(23)7)22-18(5)13-17(4)14-19(22)6/h10,13-14,16,26H,8-9,11-12,15H2,1-7H3. The Hall–Kier alpha value is -2.27. The molecule has 0 aliphatic carbocycles. The molecule has 2 heterocycles. The van der Waals surface area contributed by atoms with Crippen LogP contribution in [0.2, 0.25) is 0 Å². The Bertz CT molecular complexity index is 872. The van der Waals surface area contributed by atoms with Gasteiger partial charge in [-0.15, -0.1) is 0 Å². The molecular formula is C24H36N4O. The molecule has 1 N–H and O–H groups in total. The Morgan fingerprint density at radius 3 is 2.55 bits per heavy atom. The number of fused-ring (bicyclic) bond motifs is 1. The number of hydrogen-bond donors (Lipinski definition) is 1. The van der Waals surface area contributed by atoms with Crippen molar-refractivity contribution < 1.29 is 4.84 Å². The third kappa shape index (κ3) is 4.50. The van der Waals surface area contributed by atoms with Crippen LogP contribution in [-0.4, -0.2) is 22.9 Å². The molecule has 0 saturated carbocycles. The summed E-state index contributed by atoms with van der Waals surface area (Å²) in [6.07, 6.45) is 5.28. The summed E-state index contributed by atoms with van der Waals surface area (Å²) in [6, 6.07) is 4.54. The van der Waals surface area contributed by atoms with Gasteiger partial charge in [0, 0.05) is 24.8 Å². The van der Waals surface area contributed by atoms with Crippen molar-refractivity contribution in [3.05, 3.63) is 46.2 Å². The molecule has 0 amide bonds. The van der Waals surface area contributed by atoms with Gasteiger partial charge in [0.25, 0.3) is 0 Å². The Labute approximate surface area is 175 Å². The minimum Gasteiger partial charge on any atom is -0.324 e. The predicted octanol–water partition coefficient (Wildman–Crippen LogP) is 5.36. The van der Waals surface area contributed by atoms with Crippen molar-refractivity contribution in [3.8, 4) is 0 Å². The van der Waals surface area contributed by atoms with Crippen LogP contribution in [0.25, 0.3) is 5.70 Å². The summed E-state index contributed by atoms with van der Waals surface area (Å²) in [7, 11) is 2.04. The van der Waals surface area contributed by atoms with Crippen LogP contribution in [0, 0.1) is 26.7 Å². The molecule has 2 aromatic rings. The van der Waals surface area contributed by atoms with E-state index in [1.165, 1.54) is 27.9 Å². The quantitative estimate of drug-likeness (QED) is 0.640. The number of hydrogen-bond acceptors (Lipinski definition) is 4. The Balaban J connectivity index is 2.02. The first-order valence-corrected chi connectivity index (χ1v) is 10.8. The summed E-state index contributed by atoms with van der Waals surface area (Å²) in [5.41, 5.74) is 11.9. The van der Waals surface area contributed by atoms with Gasteiger partial charge in [0.2, 0.25) is 0 Å². The van der Waals surface area contributed by atoms with Crippen molar-refractivity contribution in [2.75, 3.05) is 18.1 Å². The van der Waals surface area contributed by atoms with Gasteiger partial charge in [0.05, 0.1) is 18.0 Å². The molecule has 158 valence electrons. The molecule has 29 heavy (non-hydrogen) atoms. The molecule has 0 spiro atoms. The summed E-state index contributed by atoms with van der Waals surface area (Å²) in [5, 5.41) is 4.97. The monoisotopic (exact) mass is 396 g/mol. The van der Waals surface area contributed by atoms with Crippen molar-refractivity contribution >= 4 is 17.2 Å². The van der Waals surface area contributed by atoms with E-state index in [9.17, 15) is 0 Å². The van der Waals surface area contributed by atoms with Crippen molar-refractivity contribution in [1.29, 1.82) is 0 Å². The molecule has 3 rings (SSSR count). The van der Waals surface area contributed by atoms with E-state index in [0.29, 0.717) is 12.5 Å². The van der Waals surface area contributed by atoms with E-state index < -0.39 is 0 Å². The van der Waals surface area contributed by atoms with E-state index in [1.54, 1.807) is 0 Å². The smallest absolute Gasteiger partial charge is 0.158 e. The van der Waals surface area contributed by atoms with Crippen LogP contribution in [0.5, 0.6) is 0 Å². The first kappa shape index (κ1) is 21.4. The van der Waals surface area contributed by atoms with Gasteiger partial charge >= 0.3 is 0 Å². The fraction of sp³-hybridized carbons (Fsp3) is 0.542. The molecule has 5 nitrogen and oxygen atoms in total. The average Bonchev–Trinajstić information content (AvgIpc) is 2.96. The molecule has 5 heteroatoms. The zero-order valence-corrected chi connectivity index (χ0v) is 19.1. The lowest BCUT2D eigenvalue weighted by molar-refractivity contribution is 0.0575. The van der Waals surface area contributed by atoms with Crippen LogP contribution in [0.3, 0.4) is 0 Å². The number of allylic oxidation sites excluding steroid dienone is 1. The van der Waals surface area contributed by atoms with E-state index in [0.717, 1.165) is 43.0 Å². The Kier molecular flexibility index (Phi) is 6.68. The number of anilines is 2. The largest absolute Gasteiger partial charge is 0.324 e. The highest BCUT2D eigenvalue weighted by atomic mass is 16.6. The number of hydroxylamine groups is 1. The minimum absolute atomic E-state index is 0.480. The van der Waals surface area contributed by atoms with Crippen LogP contribution in [0.15, 0.2) is 18.2 Å². The number of nitrogens with zero attached hydrogens (tertiary/aromatic N) is 3. The topological polar surface area (TPSA) is 42.3 Å². The van der Waals surface area contributed by atoms with Gasteiger partial charge in [0.1, 0.15) is 0 Å². The van der Waals surface area contributed by atoms with Gasteiger partial charge in [-0.2, -0.15) is 5.10 Å². The first-order valence-electron chi connectivity index (χ1n) is 10.8. The molecule has 0 radical (unpaired) electrons. The molecule has 1 aromatic heterocycles. The minimum atomic E-state index is 0.480. The molecule has 0 atom stereocenters. The summed E-state index contributed by atoms with van der Waals surface area (Å²) in [4.78, 5) is 8.18. The second kappa shape index (κ2) is 9.04. The maximum Gasteiger partial charge on any atom is 0.158 e. The summed E-state index contributed by atoms with van der Waals surface area (Å²) >= 11 is 0. The fourth-order valence-corrected chi connectivity index (χ4v) is 4.35. The van der Waals surface area contributed by atoms with E-state index in [1.807, 2.05) is 11.7 Å². The van der Waals surface area contributed by atoms with E-state index in [4.69, 9.17) is 9.94 Å². The molecule has 0 unspecified atom stereocenters. The van der Waals surface area contributed by atoms with Gasteiger partial charge in [-0.05, 0) is 57.1 Å². The number of rotatable bonds is 7. The zero-order valence-electron chi connectivity index (χ0n) is 19.1. The normalized spacial score (nSPS) is 14.5. The van der Waals surface area contributed by atoms with Gasteiger partial charge in [-0.3, -0.25) is 15.0 Å². The highest BCUT2D eigenvalue weighted by Crippen LogP contribution is 2.39. The summed E-state index contributed by atoms with van der Waals surface area (Å²) < 4.78 is 2.01. The molecule has 1 aromatic carbocycles. The van der Waals surface area contributed by atoms with Crippen LogP contribution >= 0.6 is 0 Å². The molecule has 0 saturated heterocycles. The SMILES string of the molecule is CCC=C(NOCC(C)C)c1c2c(nn1C)N(c1c(C)cc(C)cc1C)CCC2. The highest BCUT2D eigenvalue weighted by Gasteiger charge is 2.29. The third-order valence-corrected chi connectivity index (χ3v) is 5.36. The molecule has 0 fully saturated rings. The maximum atomic E-state index is 5.77. The highest BCUT2D eigenvalue weighted by molar-refractivity contribution is 5.76. The van der Waals surface area contributed by atoms with Crippen LogP contribution in [-0.2, 0) is 18.3 Å². The van der Waals surface area contributed by atoms with Crippen LogP contribution < -0.4 is 10.4 Å². The van der Waals surface area contributed by atoms with E-state index in [-0.39, 0.29) is 0 Å². The molecular weight excluding hydrogens is 360 g/mol. The van der Waals surface area contributed by atoms with Crippen molar-refractivity contribution in [3.63, 3.8) is 0 Å². The van der Waals surface area contributed by atoms with E-state index >= 15 is 0 Å². The van der Waals surface area contributed by atoms with Gasteiger partial charge in [-0.25, -0.2) is 0 Å². The fourth-order valence-electron chi connectivity index (χ4n) is 4.35. The predicted molar refractivity (Wildman–Crippen MR) is 121 cm³/mol. The van der Waals surface area contributed by atoms with E-state index in [2.05, 4.69) is 70.1 Å². The second-order valence-corrected chi connectivity index (χ2v) is 8.61. The second-order valence-electron chi connectivity index (χ2n) is 8.61. The molecule has 1 aliphatic rings. The average molecular weight is 397 g/mol. The van der Waals surface area contributed by atoms with Gasteiger partial charge < -0.3 is 4.90 Å². The van der Waals surface area contributed by atoms with Crippen molar-refractivity contribution in [1.82, 2.24) is 15.3 Å².